The Balaban J connectivity index is 1.87. The summed E-state index contributed by atoms with van der Waals surface area (Å²) in [5, 5.41) is 3.37. The smallest absolute Gasteiger partial charge is 0.213 e. The van der Waals surface area contributed by atoms with Crippen LogP contribution in [0.5, 0.6) is 5.75 Å². The highest BCUT2D eigenvalue weighted by Crippen LogP contribution is 2.38. The molecule has 0 saturated heterocycles. The van der Waals surface area contributed by atoms with Crippen LogP contribution in [0, 0.1) is 0 Å². The number of fused-ring (bicyclic) bond motifs is 1. The lowest BCUT2D eigenvalue weighted by molar-refractivity contribution is -0.125. The summed E-state index contributed by atoms with van der Waals surface area (Å²) >= 11 is 0. The van der Waals surface area contributed by atoms with E-state index >= 15 is 0 Å². The molecule has 0 fully saturated rings. The fraction of sp³-hybridized carbons (Fsp3) is 0.333. The van der Waals surface area contributed by atoms with Gasteiger partial charge in [0.1, 0.15) is 11.9 Å². The molecule has 1 N–H and O–H groups in total. The first kappa shape index (κ1) is 14.1. The molecule has 0 spiro atoms. The second-order valence-corrected chi connectivity index (χ2v) is 5.57. The van der Waals surface area contributed by atoms with E-state index in [1.165, 1.54) is 0 Å². The van der Waals surface area contributed by atoms with E-state index in [0.29, 0.717) is 12.6 Å². The van der Waals surface area contributed by atoms with Crippen LogP contribution in [0.15, 0.2) is 54.6 Å². The van der Waals surface area contributed by atoms with Crippen LogP contribution in [0.4, 0.5) is 0 Å². The molecule has 1 aliphatic rings. The predicted octanol–water partition coefficient (Wildman–Crippen LogP) is 3.51. The van der Waals surface area contributed by atoms with E-state index in [1.54, 1.807) is 0 Å². The third kappa shape index (κ3) is 3.26. The number of para-hydroxylation sites is 1. The van der Waals surface area contributed by atoms with Crippen LogP contribution in [0.2, 0.25) is 0 Å². The molecule has 3 nitrogen and oxygen atoms in total. The molecule has 110 valence electrons. The Labute approximate surface area is 125 Å². The molecule has 2 unspecified atom stereocenters. The zero-order chi connectivity index (χ0) is 14.7. The summed E-state index contributed by atoms with van der Waals surface area (Å²) in [5.74, 6) is 0.910. The number of hydrogen-bond acceptors (Lipinski definition) is 3. The van der Waals surface area contributed by atoms with Gasteiger partial charge in [-0.1, -0.05) is 62.4 Å². The van der Waals surface area contributed by atoms with Gasteiger partial charge in [0, 0.05) is 11.6 Å². The summed E-state index contributed by atoms with van der Waals surface area (Å²) in [6, 6.07) is 18.8. The van der Waals surface area contributed by atoms with E-state index in [0.717, 1.165) is 16.9 Å². The Kier molecular flexibility index (Phi) is 4.23. The predicted molar refractivity (Wildman–Crippen MR) is 83.4 cm³/mol. The number of rotatable bonds is 4. The zero-order valence-corrected chi connectivity index (χ0v) is 12.5. The largest absolute Gasteiger partial charge is 0.463 e. The van der Waals surface area contributed by atoms with Crippen molar-refractivity contribution in [3.8, 4) is 5.75 Å². The molecule has 2 aromatic rings. The van der Waals surface area contributed by atoms with Gasteiger partial charge in [-0.3, -0.25) is 0 Å². The molecule has 0 saturated carbocycles. The summed E-state index contributed by atoms with van der Waals surface area (Å²) in [6.07, 6.45) is -0.345. The van der Waals surface area contributed by atoms with Crippen molar-refractivity contribution in [2.45, 2.75) is 32.3 Å². The lowest BCUT2D eigenvalue weighted by atomic mass is 9.99. The SMILES string of the molecule is CC(C)NCC1Oc2ccccc2C(c2ccccc2)O1. The average molecular weight is 283 g/mol. The highest BCUT2D eigenvalue weighted by Gasteiger charge is 2.29. The Morgan fingerprint density at radius 1 is 1.00 bits per heavy atom. The third-order valence-corrected chi connectivity index (χ3v) is 3.54. The number of benzene rings is 2. The van der Waals surface area contributed by atoms with Crippen molar-refractivity contribution in [2.24, 2.45) is 0 Å². The van der Waals surface area contributed by atoms with Gasteiger partial charge >= 0.3 is 0 Å². The Morgan fingerprint density at radius 2 is 1.71 bits per heavy atom. The molecule has 3 rings (SSSR count). The molecule has 2 aromatic carbocycles. The normalized spacial score (nSPS) is 20.9. The van der Waals surface area contributed by atoms with E-state index in [9.17, 15) is 0 Å². The molecule has 0 aliphatic carbocycles. The Morgan fingerprint density at radius 3 is 2.48 bits per heavy atom. The van der Waals surface area contributed by atoms with Gasteiger partial charge in [-0.2, -0.15) is 0 Å². The Bertz CT molecular complexity index is 583. The van der Waals surface area contributed by atoms with Crippen molar-refractivity contribution in [3.63, 3.8) is 0 Å². The van der Waals surface area contributed by atoms with E-state index in [1.807, 2.05) is 36.4 Å². The van der Waals surface area contributed by atoms with E-state index in [-0.39, 0.29) is 12.4 Å². The maximum absolute atomic E-state index is 6.16. The van der Waals surface area contributed by atoms with Crippen LogP contribution in [0.3, 0.4) is 0 Å². The summed E-state index contributed by atoms with van der Waals surface area (Å²) in [7, 11) is 0. The highest BCUT2D eigenvalue weighted by atomic mass is 16.7. The third-order valence-electron chi connectivity index (χ3n) is 3.54. The topological polar surface area (TPSA) is 30.5 Å². The fourth-order valence-electron chi connectivity index (χ4n) is 2.51. The number of nitrogens with one attached hydrogen (secondary N) is 1. The van der Waals surface area contributed by atoms with Gasteiger partial charge in [-0.15, -0.1) is 0 Å². The maximum Gasteiger partial charge on any atom is 0.213 e. The van der Waals surface area contributed by atoms with Crippen molar-refractivity contribution in [3.05, 3.63) is 65.7 Å². The lowest BCUT2D eigenvalue weighted by Gasteiger charge is -2.33. The quantitative estimate of drug-likeness (QED) is 0.931. The molecular formula is C18H21NO2. The molecular weight excluding hydrogens is 262 g/mol. The first-order chi connectivity index (χ1) is 10.2. The molecule has 3 heteroatoms. The van der Waals surface area contributed by atoms with Crippen molar-refractivity contribution in [1.29, 1.82) is 0 Å². The molecule has 0 bridgehead atoms. The first-order valence-corrected chi connectivity index (χ1v) is 7.43. The van der Waals surface area contributed by atoms with Crippen LogP contribution < -0.4 is 10.1 Å². The van der Waals surface area contributed by atoms with Gasteiger partial charge in [-0.25, -0.2) is 0 Å². The van der Waals surface area contributed by atoms with Crippen LogP contribution in [0.25, 0.3) is 0 Å². The van der Waals surface area contributed by atoms with Gasteiger partial charge in [0.15, 0.2) is 0 Å². The van der Waals surface area contributed by atoms with E-state index < -0.39 is 0 Å². The van der Waals surface area contributed by atoms with Gasteiger partial charge in [0.25, 0.3) is 0 Å². The standard InChI is InChI=1S/C18H21NO2/c1-13(2)19-12-17-20-16-11-7-6-10-15(16)18(21-17)14-8-4-3-5-9-14/h3-11,13,17-19H,12H2,1-2H3. The van der Waals surface area contributed by atoms with Crippen molar-refractivity contribution < 1.29 is 9.47 Å². The molecule has 0 aromatic heterocycles. The minimum atomic E-state index is -0.271. The lowest BCUT2D eigenvalue weighted by Crippen LogP contribution is -2.40. The summed E-state index contributed by atoms with van der Waals surface area (Å²) in [6.45, 7) is 4.91. The minimum Gasteiger partial charge on any atom is -0.463 e. The summed E-state index contributed by atoms with van der Waals surface area (Å²) < 4.78 is 12.1. The zero-order valence-electron chi connectivity index (χ0n) is 12.5. The van der Waals surface area contributed by atoms with Gasteiger partial charge in [0.05, 0.1) is 6.54 Å². The fourth-order valence-corrected chi connectivity index (χ4v) is 2.51. The molecule has 2 atom stereocenters. The van der Waals surface area contributed by atoms with Crippen LogP contribution in [0.1, 0.15) is 31.1 Å². The van der Waals surface area contributed by atoms with E-state index in [4.69, 9.17) is 9.47 Å². The first-order valence-electron chi connectivity index (χ1n) is 7.43. The van der Waals surface area contributed by atoms with Crippen molar-refractivity contribution >= 4 is 0 Å². The van der Waals surface area contributed by atoms with E-state index in [2.05, 4.69) is 37.4 Å². The maximum atomic E-state index is 6.16. The Hall–Kier alpha value is -1.84. The molecule has 1 aliphatic heterocycles. The monoisotopic (exact) mass is 283 g/mol. The van der Waals surface area contributed by atoms with Crippen LogP contribution >= 0.6 is 0 Å². The number of ether oxygens (including phenoxy) is 2. The van der Waals surface area contributed by atoms with Crippen molar-refractivity contribution in [2.75, 3.05) is 6.54 Å². The average Bonchev–Trinajstić information content (AvgIpc) is 2.53. The molecule has 1 heterocycles. The molecule has 21 heavy (non-hydrogen) atoms. The summed E-state index contributed by atoms with van der Waals surface area (Å²) in [5.41, 5.74) is 2.24. The van der Waals surface area contributed by atoms with Crippen molar-refractivity contribution in [1.82, 2.24) is 5.32 Å². The highest BCUT2D eigenvalue weighted by molar-refractivity contribution is 5.41. The van der Waals surface area contributed by atoms with Gasteiger partial charge in [-0.05, 0) is 11.6 Å². The molecule has 0 amide bonds. The van der Waals surface area contributed by atoms with Crippen LogP contribution in [-0.2, 0) is 4.74 Å². The second-order valence-electron chi connectivity index (χ2n) is 5.57. The summed E-state index contributed by atoms with van der Waals surface area (Å²) in [4.78, 5) is 0. The number of hydrogen-bond donors (Lipinski definition) is 1. The molecule has 0 radical (unpaired) electrons. The van der Waals surface area contributed by atoms with Gasteiger partial charge in [0.2, 0.25) is 6.29 Å². The minimum absolute atomic E-state index is 0.0740. The van der Waals surface area contributed by atoms with Gasteiger partial charge < -0.3 is 14.8 Å². The van der Waals surface area contributed by atoms with Crippen LogP contribution in [-0.4, -0.2) is 18.9 Å². The second kappa shape index (κ2) is 6.29.